The van der Waals surface area contributed by atoms with Gasteiger partial charge in [0.15, 0.2) is 0 Å². The number of imidazole rings is 1. The number of anilines is 1. The Morgan fingerprint density at radius 2 is 2.33 bits per heavy atom. The summed E-state index contributed by atoms with van der Waals surface area (Å²) in [6, 6.07) is 8.24. The lowest BCUT2D eigenvalue weighted by molar-refractivity contribution is 0.819. The van der Waals surface area contributed by atoms with Gasteiger partial charge >= 0.3 is 0 Å². The van der Waals surface area contributed by atoms with Crippen molar-refractivity contribution >= 4 is 21.9 Å². The van der Waals surface area contributed by atoms with Gasteiger partial charge in [-0.3, -0.25) is 0 Å². The van der Waals surface area contributed by atoms with Crippen LogP contribution in [0.25, 0.3) is 0 Å². The van der Waals surface area contributed by atoms with Crippen LogP contribution in [-0.4, -0.2) is 9.55 Å². The summed E-state index contributed by atoms with van der Waals surface area (Å²) in [7, 11) is 0. The highest BCUT2D eigenvalue weighted by Gasteiger charge is 2.03. The fourth-order valence-corrected chi connectivity index (χ4v) is 2.24. The Morgan fingerprint density at radius 1 is 1.50 bits per heavy atom. The third-order valence-electron chi connectivity index (χ3n) is 2.56. The zero-order valence-electron chi connectivity index (χ0n) is 10.4. The molecule has 0 aliphatic heterocycles. The molecule has 1 aromatic carbocycles. The summed E-state index contributed by atoms with van der Waals surface area (Å²) in [6.07, 6.45) is 3.89. The van der Waals surface area contributed by atoms with Crippen LogP contribution in [-0.2, 0) is 13.1 Å². The number of nitrogens with zero attached hydrogens (tertiary/aromatic N) is 2. The van der Waals surface area contributed by atoms with Gasteiger partial charge in [0.25, 0.3) is 0 Å². The van der Waals surface area contributed by atoms with E-state index in [1.54, 1.807) is 0 Å². The standard InChI is InChI=1S/C14H16BrN3/c1-3-7-18-10-11(2)17-14(18)16-9-12-5-4-6-13(15)8-12/h3-6,8,10H,1,7,9H2,2H3,(H,16,17). The maximum atomic E-state index is 4.46. The summed E-state index contributed by atoms with van der Waals surface area (Å²) in [6.45, 7) is 7.27. The van der Waals surface area contributed by atoms with Crippen molar-refractivity contribution in [2.45, 2.75) is 20.0 Å². The minimum absolute atomic E-state index is 0.757. The van der Waals surface area contributed by atoms with Crippen molar-refractivity contribution in [3.05, 3.63) is 58.8 Å². The smallest absolute Gasteiger partial charge is 0.203 e. The average molecular weight is 306 g/mol. The second-order valence-electron chi connectivity index (χ2n) is 4.13. The maximum absolute atomic E-state index is 4.46. The lowest BCUT2D eigenvalue weighted by Crippen LogP contribution is -2.06. The summed E-state index contributed by atoms with van der Waals surface area (Å²) in [5.41, 5.74) is 2.23. The van der Waals surface area contributed by atoms with Crippen molar-refractivity contribution in [3.63, 3.8) is 0 Å². The zero-order chi connectivity index (χ0) is 13.0. The number of hydrogen-bond acceptors (Lipinski definition) is 2. The average Bonchev–Trinajstić information content (AvgIpc) is 2.68. The molecule has 0 saturated carbocycles. The van der Waals surface area contributed by atoms with Gasteiger partial charge in [0.1, 0.15) is 0 Å². The van der Waals surface area contributed by atoms with Crippen molar-refractivity contribution in [1.82, 2.24) is 9.55 Å². The van der Waals surface area contributed by atoms with Crippen LogP contribution in [0.5, 0.6) is 0 Å². The van der Waals surface area contributed by atoms with Crippen LogP contribution < -0.4 is 5.32 Å². The first-order valence-electron chi connectivity index (χ1n) is 5.82. The molecule has 1 N–H and O–H groups in total. The number of halogens is 1. The minimum atomic E-state index is 0.757. The fraction of sp³-hybridized carbons (Fsp3) is 0.214. The molecule has 0 aliphatic rings. The molecular formula is C14H16BrN3. The predicted molar refractivity (Wildman–Crippen MR) is 78.6 cm³/mol. The molecule has 18 heavy (non-hydrogen) atoms. The lowest BCUT2D eigenvalue weighted by Gasteiger charge is -2.08. The Hall–Kier alpha value is -1.55. The number of nitrogens with one attached hydrogen (secondary N) is 1. The summed E-state index contributed by atoms with van der Waals surface area (Å²) in [5.74, 6) is 0.882. The third-order valence-corrected chi connectivity index (χ3v) is 3.06. The molecule has 3 nitrogen and oxygen atoms in total. The van der Waals surface area contributed by atoms with Gasteiger partial charge in [0.05, 0.1) is 5.69 Å². The number of aromatic nitrogens is 2. The first kappa shape index (κ1) is 12.9. The van der Waals surface area contributed by atoms with Gasteiger partial charge in [-0.05, 0) is 24.6 Å². The molecule has 0 spiro atoms. The highest BCUT2D eigenvalue weighted by molar-refractivity contribution is 9.10. The van der Waals surface area contributed by atoms with E-state index in [2.05, 4.69) is 49.5 Å². The Kier molecular flexibility index (Phi) is 4.20. The molecule has 94 valence electrons. The summed E-state index contributed by atoms with van der Waals surface area (Å²) >= 11 is 3.47. The summed E-state index contributed by atoms with van der Waals surface area (Å²) in [4.78, 5) is 4.46. The van der Waals surface area contributed by atoms with Crippen molar-refractivity contribution < 1.29 is 0 Å². The molecule has 1 aromatic heterocycles. The van der Waals surface area contributed by atoms with E-state index in [4.69, 9.17) is 0 Å². The van der Waals surface area contributed by atoms with Crippen LogP contribution >= 0.6 is 15.9 Å². The van der Waals surface area contributed by atoms with E-state index in [1.807, 2.05) is 31.3 Å². The minimum Gasteiger partial charge on any atom is -0.352 e. The van der Waals surface area contributed by atoms with Gasteiger partial charge in [-0.15, -0.1) is 6.58 Å². The number of benzene rings is 1. The number of allylic oxidation sites excluding steroid dienone is 1. The first-order valence-corrected chi connectivity index (χ1v) is 6.61. The third kappa shape index (κ3) is 3.23. The van der Waals surface area contributed by atoms with E-state index in [9.17, 15) is 0 Å². The summed E-state index contributed by atoms with van der Waals surface area (Å²) in [5, 5.41) is 3.35. The van der Waals surface area contributed by atoms with Crippen LogP contribution in [0.15, 0.2) is 47.6 Å². The van der Waals surface area contributed by atoms with Gasteiger partial charge < -0.3 is 9.88 Å². The van der Waals surface area contributed by atoms with Gasteiger partial charge in [-0.1, -0.05) is 34.1 Å². The molecule has 0 amide bonds. The normalized spacial score (nSPS) is 10.3. The van der Waals surface area contributed by atoms with E-state index in [1.165, 1.54) is 5.56 Å². The molecule has 0 saturated heterocycles. The molecule has 1 heterocycles. The molecule has 2 aromatic rings. The van der Waals surface area contributed by atoms with E-state index in [0.29, 0.717) is 0 Å². The Balaban J connectivity index is 2.07. The molecule has 0 bridgehead atoms. The molecule has 0 unspecified atom stereocenters. The maximum Gasteiger partial charge on any atom is 0.203 e. The predicted octanol–water partition coefficient (Wildman–Crippen LogP) is 3.75. The quantitative estimate of drug-likeness (QED) is 0.853. The summed E-state index contributed by atoms with van der Waals surface area (Å²) < 4.78 is 3.15. The molecular weight excluding hydrogens is 290 g/mol. The molecule has 0 fully saturated rings. The Bertz CT molecular complexity index is 546. The second-order valence-corrected chi connectivity index (χ2v) is 5.05. The first-order chi connectivity index (χ1) is 8.69. The van der Waals surface area contributed by atoms with Gasteiger partial charge in [-0.2, -0.15) is 0 Å². The van der Waals surface area contributed by atoms with Crippen molar-refractivity contribution in [1.29, 1.82) is 0 Å². The number of rotatable bonds is 5. The molecule has 4 heteroatoms. The van der Waals surface area contributed by atoms with Crippen LogP contribution in [0.3, 0.4) is 0 Å². The van der Waals surface area contributed by atoms with E-state index in [-0.39, 0.29) is 0 Å². The Morgan fingerprint density at radius 3 is 3.06 bits per heavy atom. The monoisotopic (exact) mass is 305 g/mol. The van der Waals surface area contributed by atoms with E-state index < -0.39 is 0 Å². The second kappa shape index (κ2) is 5.87. The molecule has 0 aliphatic carbocycles. The topological polar surface area (TPSA) is 29.9 Å². The van der Waals surface area contributed by atoms with Gasteiger partial charge in [0.2, 0.25) is 5.95 Å². The number of aryl methyl sites for hydroxylation is 1. The van der Waals surface area contributed by atoms with Crippen molar-refractivity contribution in [2.75, 3.05) is 5.32 Å². The lowest BCUT2D eigenvalue weighted by atomic mass is 10.2. The fourth-order valence-electron chi connectivity index (χ4n) is 1.79. The zero-order valence-corrected chi connectivity index (χ0v) is 11.9. The van der Waals surface area contributed by atoms with Crippen LogP contribution in [0.2, 0.25) is 0 Å². The van der Waals surface area contributed by atoms with Gasteiger partial charge in [-0.25, -0.2) is 4.98 Å². The van der Waals surface area contributed by atoms with E-state index >= 15 is 0 Å². The molecule has 0 atom stereocenters. The van der Waals surface area contributed by atoms with E-state index in [0.717, 1.165) is 29.2 Å². The van der Waals surface area contributed by atoms with Gasteiger partial charge in [0, 0.05) is 23.8 Å². The molecule has 2 rings (SSSR count). The number of hydrogen-bond donors (Lipinski definition) is 1. The molecule has 0 radical (unpaired) electrons. The Labute approximate surface area is 116 Å². The highest BCUT2D eigenvalue weighted by Crippen LogP contribution is 2.14. The van der Waals surface area contributed by atoms with Crippen LogP contribution in [0, 0.1) is 6.92 Å². The largest absolute Gasteiger partial charge is 0.352 e. The van der Waals surface area contributed by atoms with Crippen LogP contribution in [0.1, 0.15) is 11.3 Å². The highest BCUT2D eigenvalue weighted by atomic mass is 79.9. The van der Waals surface area contributed by atoms with Crippen molar-refractivity contribution in [3.8, 4) is 0 Å². The van der Waals surface area contributed by atoms with Crippen LogP contribution in [0.4, 0.5) is 5.95 Å². The van der Waals surface area contributed by atoms with Crippen molar-refractivity contribution in [2.24, 2.45) is 0 Å². The SMILES string of the molecule is C=CCn1cc(C)nc1NCc1cccc(Br)c1.